The van der Waals surface area contributed by atoms with Crippen LogP contribution >= 0.6 is 0 Å². The van der Waals surface area contributed by atoms with Gasteiger partial charge in [-0.2, -0.15) is 0 Å². The molecule has 0 saturated carbocycles. The van der Waals surface area contributed by atoms with E-state index in [4.69, 9.17) is 0 Å². The van der Waals surface area contributed by atoms with E-state index in [1.54, 1.807) is 0 Å². The van der Waals surface area contributed by atoms with Crippen LogP contribution < -0.4 is 10.6 Å². The molecule has 2 rings (SSSR count). The van der Waals surface area contributed by atoms with Crippen LogP contribution in [0.4, 0.5) is 0 Å². The van der Waals surface area contributed by atoms with E-state index in [2.05, 4.69) is 34.9 Å². The molecule has 0 heterocycles. The lowest BCUT2D eigenvalue weighted by atomic mass is 10.0. The lowest BCUT2D eigenvalue weighted by molar-refractivity contribution is -0.120. The number of amides is 1. The maximum absolute atomic E-state index is 11.7. The van der Waals surface area contributed by atoms with Gasteiger partial charge in [-0.1, -0.05) is 56.3 Å². The number of hydrogen-bond donors (Lipinski definition) is 2. The number of nitrogens with one attached hydrogen (secondary N) is 2. The maximum atomic E-state index is 11.7. The van der Waals surface area contributed by atoms with Crippen molar-refractivity contribution in [3.05, 3.63) is 48.0 Å². The van der Waals surface area contributed by atoms with Crippen LogP contribution in [-0.4, -0.2) is 18.5 Å². The molecule has 0 radical (unpaired) electrons. The van der Waals surface area contributed by atoms with Crippen LogP contribution in [0.1, 0.15) is 19.4 Å². The molecule has 0 atom stereocenters. The van der Waals surface area contributed by atoms with Crippen molar-refractivity contribution in [2.45, 2.75) is 26.4 Å². The summed E-state index contributed by atoms with van der Waals surface area (Å²) in [6.45, 7) is 4.98. The normalized spacial score (nSPS) is 10.9. The number of carbonyl (C=O) groups is 1. The number of fused-ring (bicyclic) bond motifs is 1. The van der Waals surface area contributed by atoms with Gasteiger partial charge in [0.05, 0.1) is 6.54 Å². The van der Waals surface area contributed by atoms with Crippen LogP contribution in [0.2, 0.25) is 0 Å². The molecule has 0 spiro atoms. The number of carbonyl (C=O) groups excluding carboxylic acids is 1. The quantitative estimate of drug-likeness (QED) is 0.862. The number of benzene rings is 2. The molecule has 2 N–H and O–H groups in total. The van der Waals surface area contributed by atoms with E-state index in [-0.39, 0.29) is 5.91 Å². The summed E-state index contributed by atoms with van der Waals surface area (Å²) in [5.74, 6) is 0.0293. The summed E-state index contributed by atoms with van der Waals surface area (Å²) in [7, 11) is 0. The fourth-order valence-electron chi connectivity index (χ4n) is 2.00. The summed E-state index contributed by atoms with van der Waals surface area (Å²) < 4.78 is 0. The van der Waals surface area contributed by atoms with Gasteiger partial charge in [0, 0.05) is 12.6 Å². The second kappa shape index (κ2) is 6.34. The third-order valence-electron chi connectivity index (χ3n) is 3.03. The molecule has 0 bridgehead atoms. The van der Waals surface area contributed by atoms with Gasteiger partial charge in [-0.3, -0.25) is 4.79 Å². The van der Waals surface area contributed by atoms with E-state index in [0.717, 1.165) is 5.56 Å². The number of rotatable bonds is 5. The first-order valence-corrected chi connectivity index (χ1v) is 6.63. The number of hydrogen-bond acceptors (Lipinski definition) is 2. The molecule has 0 fully saturated rings. The lowest BCUT2D eigenvalue weighted by Crippen LogP contribution is -2.36. The van der Waals surface area contributed by atoms with Crippen LogP contribution in [0, 0.1) is 0 Å². The Morgan fingerprint density at radius 1 is 1.11 bits per heavy atom. The Balaban J connectivity index is 2.00. The average Bonchev–Trinajstić information content (AvgIpc) is 2.42. The zero-order valence-electron chi connectivity index (χ0n) is 11.4. The van der Waals surface area contributed by atoms with Gasteiger partial charge in [-0.15, -0.1) is 0 Å². The van der Waals surface area contributed by atoms with Crippen molar-refractivity contribution in [2.24, 2.45) is 0 Å². The molecule has 3 heteroatoms. The summed E-state index contributed by atoms with van der Waals surface area (Å²) in [5.41, 5.74) is 1.15. The molecule has 3 nitrogen and oxygen atoms in total. The highest BCUT2D eigenvalue weighted by Crippen LogP contribution is 2.17. The summed E-state index contributed by atoms with van der Waals surface area (Å²) >= 11 is 0. The first-order chi connectivity index (χ1) is 9.16. The highest BCUT2D eigenvalue weighted by atomic mass is 16.1. The van der Waals surface area contributed by atoms with E-state index in [9.17, 15) is 4.79 Å². The molecule has 2 aromatic carbocycles. The van der Waals surface area contributed by atoms with Crippen molar-refractivity contribution in [1.82, 2.24) is 10.6 Å². The van der Waals surface area contributed by atoms with Gasteiger partial charge in [-0.25, -0.2) is 0 Å². The average molecular weight is 256 g/mol. The summed E-state index contributed by atoms with van der Waals surface area (Å²) in [6.07, 6.45) is 0. The summed E-state index contributed by atoms with van der Waals surface area (Å²) in [4.78, 5) is 11.7. The minimum atomic E-state index is 0.0293. The van der Waals surface area contributed by atoms with Gasteiger partial charge in [-0.05, 0) is 16.3 Å². The van der Waals surface area contributed by atoms with Crippen molar-refractivity contribution < 1.29 is 4.79 Å². The predicted octanol–water partition coefficient (Wildman–Crippen LogP) is 2.45. The fraction of sp³-hybridized carbons (Fsp3) is 0.312. The molecule has 1 amide bonds. The Kier molecular flexibility index (Phi) is 4.53. The fourth-order valence-corrected chi connectivity index (χ4v) is 2.00. The van der Waals surface area contributed by atoms with Gasteiger partial charge >= 0.3 is 0 Å². The zero-order chi connectivity index (χ0) is 13.7. The van der Waals surface area contributed by atoms with Crippen molar-refractivity contribution >= 4 is 16.7 Å². The second-order valence-electron chi connectivity index (χ2n) is 4.95. The van der Waals surface area contributed by atoms with E-state index < -0.39 is 0 Å². The SMILES string of the molecule is CC(C)NCC(=O)NCc1cccc2ccccc12. The molecule has 0 unspecified atom stereocenters. The van der Waals surface area contributed by atoms with Crippen LogP contribution in [-0.2, 0) is 11.3 Å². The summed E-state index contributed by atoms with van der Waals surface area (Å²) in [6, 6.07) is 14.7. The first kappa shape index (κ1) is 13.6. The zero-order valence-corrected chi connectivity index (χ0v) is 11.4. The maximum Gasteiger partial charge on any atom is 0.234 e. The molecular weight excluding hydrogens is 236 g/mol. The highest BCUT2D eigenvalue weighted by Gasteiger charge is 2.04. The van der Waals surface area contributed by atoms with Gasteiger partial charge in [0.1, 0.15) is 0 Å². The van der Waals surface area contributed by atoms with E-state index in [0.29, 0.717) is 19.1 Å². The minimum Gasteiger partial charge on any atom is -0.351 e. The first-order valence-electron chi connectivity index (χ1n) is 6.63. The molecule has 100 valence electrons. The molecule has 0 aromatic heterocycles. The Morgan fingerprint density at radius 2 is 1.84 bits per heavy atom. The minimum absolute atomic E-state index is 0.0293. The highest BCUT2D eigenvalue weighted by molar-refractivity contribution is 5.86. The van der Waals surface area contributed by atoms with E-state index in [1.807, 2.05) is 32.0 Å². The van der Waals surface area contributed by atoms with Crippen LogP contribution in [0.3, 0.4) is 0 Å². The third-order valence-corrected chi connectivity index (χ3v) is 3.03. The van der Waals surface area contributed by atoms with Crippen LogP contribution in [0.25, 0.3) is 10.8 Å². The molecule has 0 aliphatic carbocycles. The Hall–Kier alpha value is -1.87. The Morgan fingerprint density at radius 3 is 2.63 bits per heavy atom. The molecule has 0 aliphatic heterocycles. The van der Waals surface area contributed by atoms with E-state index in [1.165, 1.54) is 10.8 Å². The second-order valence-corrected chi connectivity index (χ2v) is 4.95. The van der Waals surface area contributed by atoms with Crippen molar-refractivity contribution in [1.29, 1.82) is 0 Å². The van der Waals surface area contributed by atoms with Gasteiger partial charge < -0.3 is 10.6 Å². The molecular formula is C16H20N2O. The lowest BCUT2D eigenvalue weighted by Gasteiger charge is -2.10. The van der Waals surface area contributed by atoms with Crippen LogP contribution in [0.5, 0.6) is 0 Å². The summed E-state index contributed by atoms with van der Waals surface area (Å²) in [5, 5.41) is 8.45. The van der Waals surface area contributed by atoms with Crippen LogP contribution in [0.15, 0.2) is 42.5 Å². The standard InChI is InChI=1S/C16H20N2O/c1-12(2)17-11-16(19)18-10-14-8-5-7-13-6-3-4-9-15(13)14/h3-9,12,17H,10-11H2,1-2H3,(H,18,19). The van der Waals surface area contributed by atoms with Gasteiger partial charge in [0.25, 0.3) is 0 Å². The van der Waals surface area contributed by atoms with Crippen molar-refractivity contribution in [2.75, 3.05) is 6.54 Å². The molecule has 0 aliphatic rings. The Bertz CT molecular complexity index is 558. The van der Waals surface area contributed by atoms with Gasteiger partial charge in [0.2, 0.25) is 5.91 Å². The topological polar surface area (TPSA) is 41.1 Å². The Labute approximate surface area is 114 Å². The molecule has 0 saturated heterocycles. The van der Waals surface area contributed by atoms with Crippen molar-refractivity contribution in [3.63, 3.8) is 0 Å². The third kappa shape index (κ3) is 3.80. The smallest absolute Gasteiger partial charge is 0.234 e. The van der Waals surface area contributed by atoms with Crippen molar-refractivity contribution in [3.8, 4) is 0 Å². The van der Waals surface area contributed by atoms with E-state index >= 15 is 0 Å². The monoisotopic (exact) mass is 256 g/mol. The predicted molar refractivity (Wildman–Crippen MR) is 78.9 cm³/mol. The molecule has 2 aromatic rings. The largest absolute Gasteiger partial charge is 0.351 e. The van der Waals surface area contributed by atoms with Gasteiger partial charge in [0.15, 0.2) is 0 Å². The molecule has 19 heavy (non-hydrogen) atoms.